The van der Waals surface area contributed by atoms with Crippen LogP contribution in [0.25, 0.3) is 0 Å². The van der Waals surface area contributed by atoms with E-state index in [1.54, 1.807) is 24.1 Å². The van der Waals surface area contributed by atoms with E-state index >= 15 is 0 Å². The number of urea groups is 1. The molecule has 2 fully saturated rings. The number of amides is 4. The molecular formula is C13H16N4O3. The van der Waals surface area contributed by atoms with Crippen LogP contribution in [0.4, 0.5) is 4.79 Å². The van der Waals surface area contributed by atoms with Crippen molar-refractivity contribution < 1.29 is 14.4 Å². The molecule has 3 unspecified atom stereocenters. The van der Waals surface area contributed by atoms with E-state index in [4.69, 9.17) is 5.73 Å². The van der Waals surface area contributed by atoms with Crippen molar-refractivity contribution in [2.75, 3.05) is 7.05 Å². The minimum Gasteiger partial charge on any atom is -0.400 e. The van der Waals surface area contributed by atoms with Crippen LogP contribution in [0.2, 0.25) is 0 Å². The van der Waals surface area contributed by atoms with Gasteiger partial charge in [0, 0.05) is 19.2 Å². The molecular weight excluding hydrogens is 260 g/mol. The Morgan fingerprint density at radius 1 is 1.35 bits per heavy atom. The molecule has 106 valence electrons. The normalized spacial score (nSPS) is 33.1. The van der Waals surface area contributed by atoms with Gasteiger partial charge in [0.15, 0.2) is 0 Å². The van der Waals surface area contributed by atoms with Crippen molar-refractivity contribution in [1.82, 2.24) is 15.1 Å². The number of hydrogen-bond acceptors (Lipinski definition) is 4. The zero-order valence-corrected chi connectivity index (χ0v) is 11.1. The van der Waals surface area contributed by atoms with Crippen molar-refractivity contribution in [2.24, 2.45) is 5.73 Å². The van der Waals surface area contributed by atoms with Gasteiger partial charge in [-0.05, 0) is 12.5 Å². The van der Waals surface area contributed by atoms with E-state index in [2.05, 4.69) is 5.32 Å². The van der Waals surface area contributed by atoms with Gasteiger partial charge in [-0.2, -0.15) is 0 Å². The van der Waals surface area contributed by atoms with E-state index < -0.39 is 11.9 Å². The smallest absolute Gasteiger partial charge is 0.321 e. The molecule has 1 aliphatic carbocycles. The maximum atomic E-state index is 12.4. The van der Waals surface area contributed by atoms with Gasteiger partial charge in [-0.25, -0.2) is 4.79 Å². The van der Waals surface area contributed by atoms with Crippen molar-refractivity contribution >= 4 is 17.8 Å². The monoisotopic (exact) mass is 276 g/mol. The first-order valence-corrected chi connectivity index (χ1v) is 6.53. The van der Waals surface area contributed by atoms with Crippen LogP contribution in [0.15, 0.2) is 23.9 Å². The highest BCUT2D eigenvalue weighted by Gasteiger charge is 2.50. The van der Waals surface area contributed by atoms with Gasteiger partial charge in [-0.15, -0.1) is 0 Å². The molecule has 0 aromatic heterocycles. The third-order valence-electron chi connectivity index (χ3n) is 4.07. The molecule has 7 heteroatoms. The number of allylic oxidation sites excluding steroid dienone is 2. The SMILES string of the molecule is CN1C(=O)N(C2CCC(=O)NC2=O)C2C=CC=C(N)C21. The largest absolute Gasteiger partial charge is 0.400 e. The van der Waals surface area contributed by atoms with Gasteiger partial charge in [0.25, 0.3) is 0 Å². The van der Waals surface area contributed by atoms with Crippen LogP contribution in [0.1, 0.15) is 12.8 Å². The fourth-order valence-corrected chi connectivity index (χ4v) is 3.10. The number of piperidine rings is 1. The zero-order valence-electron chi connectivity index (χ0n) is 11.1. The third kappa shape index (κ3) is 1.70. The molecule has 3 atom stereocenters. The molecule has 7 nitrogen and oxygen atoms in total. The number of nitrogens with one attached hydrogen (secondary N) is 1. The molecule has 0 bridgehead atoms. The third-order valence-corrected chi connectivity index (χ3v) is 4.07. The molecule has 3 rings (SSSR count). The van der Waals surface area contributed by atoms with E-state index in [0.717, 1.165) is 0 Å². The topological polar surface area (TPSA) is 95.7 Å². The van der Waals surface area contributed by atoms with Crippen LogP contribution in [0.3, 0.4) is 0 Å². The Kier molecular flexibility index (Phi) is 2.77. The lowest BCUT2D eigenvalue weighted by atomic mass is 9.96. The van der Waals surface area contributed by atoms with Gasteiger partial charge >= 0.3 is 6.03 Å². The Balaban J connectivity index is 1.92. The number of carbonyl (C=O) groups is 3. The van der Waals surface area contributed by atoms with Crippen LogP contribution in [-0.2, 0) is 9.59 Å². The van der Waals surface area contributed by atoms with Crippen molar-refractivity contribution in [3.8, 4) is 0 Å². The van der Waals surface area contributed by atoms with Gasteiger partial charge in [-0.3, -0.25) is 14.9 Å². The molecule has 0 spiro atoms. The average molecular weight is 276 g/mol. The standard InChI is InChI=1S/C13H16N4O3/c1-16-11-7(14)3-2-4-8(11)17(13(16)20)9-5-6-10(18)15-12(9)19/h2-4,8-9,11H,5-6,14H2,1H3,(H,15,18,19). The molecule has 0 saturated carbocycles. The number of imide groups is 1. The summed E-state index contributed by atoms with van der Waals surface area (Å²) in [4.78, 5) is 38.7. The van der Waals surface area contributed by atoms with Crippen molar-refractivity contribution in [3.63, 3.8) is 0 Å². The lowest BCUT2D eigenvalue weighted by Gasteiger charge is -2.33. The van der Waals surface area contributed by atoms with Crippen LogP contribution in [0.5, 0.6) is 0 Å². The van der Waals surface area contributed by atoms with Crippen molar-refractivity contribution in [2.45, 2.75) is 31.0 Å². The molecule has 0 aromatic carbocycles. The van der Waals surface area contributed by atoms with Gasteiger partial charge in [0.05, 0.1) is 12.1 Å². The number of likely N-dealkylation sites (N-methyl/N-ethyl adjacent to an activating group) is 1. The van der Waals surface area contributed by atoms with Crippen LogP contribution >= 0.6 is 0 Å². The number of rotatable bonds is 1. The minimum atomic E-state index is -0.617. The van der Waals surface area contributed by atoms with Gasteiger partial charge < -0.3 is 15.5 Å². The lowest BCUT2D eigenvalue weighted by molar-refractivity contribution is -0.136. The van der Waals surface area contributed by atoms with E-state index in [1.165, 1.54) is 4.90 Å². The molecule has 3 N–H and O–H groups in total. The van der Waals surface area contributed by atoms with Gasteiger partial charge in [0.1, 0.15) is 6.04 Å². The second-order valence-corrected chi connectivity index (χ2v) is 5.25. The highest BCUT2D eigenvalue weighted by Crippen LogP contribution is 2.32. The zero-order chi connectivity index (χ0) is 14.4. The summed E-state index contributed by atoms with van der Waals surface area (Å²) in [5.74, 6) is -0.702. The first-order valence-electron chi connectivity index (χ1n) is 6.53. The van der Waals surface area contributed by atoms with E-state index in [1.807, 2.05) is 6.08 Å². The maximum absolute atomic E-state index is 12.4. The van der Waals surface area contributed by atoms with Gasteiger partial charge in [0.2, 0.25) is 11.8 Å². The number of fused-ring (bicyclic) bond motifs is 1. The van der Waals surface area contributed by atoms with E-state index in [-0.39, 0.29) is 30.4 Å². The molecule has 2 aliphatic heterocycles. The van der Waals surface area contributed by atoms with Crippen molar-refractivity contribution in [3.05, 3.63) is 23.9 Å². The quantitative estimate of drug-likeness (QED) is 0.620. The maximum Gasteiger partial charge on any atom is 0.321 e. The Hall–Kier alpha value is -2.31. The number of nitrogens with zero attached hydrogens (tertiary/aromatic N) is 2. The first kappa shape index (κ1) is 12.7. The minimum absolute atomic E-state index is 0.239. The summed E-state index contributed by atoms with van der Waals surface area (Å²) in [5, 5.41) is 2.29. The summed E-state index contributed by atoms with van der Waals surface area (Å²) in [7, 11) is 1.67. The highest BCUT2D eigenvalue weighted by atomic mass is 16.2. The Morgan fingerprint density at radius 2 is 2.10 bits per heavy atom. The fraction of sp³-hybridized carbons (Fsp3) is 0.462. The summed E-state index contributed by atoms with van der Waals surface area (Å²) >= 11 is 0. The van der Waals surface area contributed by atoms with E-state index in [0.29, 0.717) is 12.1 Å². The molecule has 3 aliphatic rings. The molecule has 2 heterocycles. The summed E-state index contributed by atoms with van der Waals surface area (Å²) in [5.41, 5.74) is 6.56. The lowest BCUT2D eigenvalue weighted by Crippen LogP contribution is -2.55. The summed E-state index contributed by atoms with van der Waals surface area (Å²) in [6.45, 7) is 0. The fourth-order valence-electron chi connectivity index (χ4n) is 3.10. The molecule has 20 heavy (non-hydrogen) atoms. The predicted molar refractivity (Wildman–Crippen MR) is 70.2 cm³/mol. The van der Waals surface area contributed by atoms with Crippen LogP contribution < -0.4 is 11.1 Å². The van der Waals surface area contributed by atoms with Crippen LogP contribution in [0, 0.1) is 0 Å². The average Bonchev–Trinajstić information content (AvgIpc) is 2.64. The second-order valence-electron chi connectivity index (χ2n) is 5.25. The number of hydrogen-bond donors (Lipinski definition) is 2. The number of nitrogens with two attached hydrogens (primary N) is 1. The highest BCUT2D eigenvalue weighted by molar-refractivity contribution is 6.02. The molecule has 0 aromatic rings. The van der Waals surface area contributed by atoms with E-state index in [9.17, 15) is 14.4 Å². The van der Waals surface area contributed by atoms with Crippen molar-refractivity contribution in [1.29, 1.82) is 0 Å². The van der Waals surface area contributed by atoms with Gasteiger partial charge in [-0.1, -0.05) is 12.2 Å². The second kappa shape index (κ2) is 4.36. The summed E-state index contributed by atoms with van der Waals surface area (Å²) in [6, 6.07) is -1.37. The molecule has 0 radical (unpaired) electrons. The molecule has 2 saturated heterocycles. The first-order chi connectivity index (χ1) is 9.50. The summed E-state index contributed by atoms with van der Waals surface area (Å²) in [6.07, 6.45) is 6.02. The van der Waals surface area contributed by atoms with Crippen LogP contribution in [-0.4, -0.2) is 52.8 Å². The Labute approximate surface area is 116 Å². The Bertz CT molecular complexity index is 554. The Morgan fingerprint density at radius 3 is 2.80 bits per heavy atom. The number of carbonyl (C=O) groups excluding carboxylic acids is 3. The predicted octanol–water partition coefficient (Wildman–Crippen LogP) is -0.691. The molecule has 4 amide bonds. The summed E-state index contributed by atoms with van der Waals surface area (Å²) < 4.78 is 0.